The van der Waals surface area contributed by atoms with Gasteiger partial charge in [0.05, 0.1) is 35.3 Å². The van der Waals surface area contributed by atoms with E-state index in [1.807, 2.05) is 26.0 Å². The second-order valence-corrected chi connectivity index (χ2v) is 7.51. The molecule has 1 aliphatic carbocycles. The van der Waals surface area contributed by atoms with Gasteiger partial charge in [0, 0.05) is 17.8 Å². The molecule has 160 valence electrons. The summed E-state index contributed by atoms with van der Waals surface area (Å²) in [6.07, 6.45) is 3.83. The molecule has 9 heteroatoms. The third-order valence-electron chi connectivity index (χ3n) is 5.16. The van der Waals surface area contributed by atoms with E-state index in [9.17, 15) is 14.3 Å². The number of amides is 1. The Labute approximate surface area is 179 Å². The Kier molecular flexibility index (Phi) is 5.85. The molecule has 8 nitrogen and oxygen atoms in total. The number of aliphatic hydroxyl groups excluding tert-OH is 1. The van der Waals surface area contributed by atoms with Crippen molar-refractivity contribution in [3.05, 3.63) is 54.2 Å². The number of halogens is 1. The van der Waals surface area contributed by atoms with E-state index in [-0.39, 0.29) is 12.3 Å². The summed E-state index contributed by atoms with van der Waals surface area (Å²) in [5, 5.41) is 15.9. The summed E-state index contributed by atoms with van der Waals surface area (Å²) in [4.78, 5) is 29.1. The molecule has 3 heterocycles. The minimum Gasteiger partial charge on any atom is -0.387 e. The van der Waals surface area contributed by atoms with E-state index in [4.69, 9.17) is 0 Å². The number of aromatic nitrogens is 4. The monoisotopic (exact) mass is 422 g/mol. The van der Waals surface area contributed by atoms with E-state index >= 15 is 0 Å². The van der Waals surface area contributed by atoms with Gasteiger partial charge >= 0.3 is 0 Å². The standard InChI is InChI=1S/C22H23FN6O2/c1-3-19(30)17-7-12(2)18(10-25-17)28-21-13(5-4-6-24-21)16-9-20(27-11-26-16)29-22(31)14-8-15(14)23/h4-7,9-11,14-15,19,30H,3,8H2,1-2H3,(H,24,28)(H,26,27,29,31). The summed E-state index contributed by atoms with van der Waals surface area (Å²) in [5.41, 5.74) is 3.53. The van der Waals surface area contributed by atoms with Crippen LogP contribution in [0.25, 0.3) is 11.3 Å². The van der Waals surface area contributed by atoms with Gasteiger partial charge in [0.15, 0.2) is 0 Å². The van der Waals surface area contributed by atoms with E-state index < -0.39 is 18.2 Å². The zero-order valence-electron chi connectivity index (χ0n) is 17.2. The molecule has 0 aliphatic heterocycles. The second kappa shape index (κ2) is 8.73. The predicted molar refractivity (Wildman–Crippen MR) is 114 cm³/mol. The molecule has 3 N–H and O–H groups in total. The molecule has 1 saturated carbocycles. The third kappa shape index (κ3) is 4.66. The predicted octanol–water partition coefficient (Wildman–Crippen LogP) is 3.73. The highest BCUT2D eigenvalue weighted by atomic mass is 19.1. The van der Waals surface area contributed by atoms with Crippen molar-refractivity contribution in [1.82, 2.24) is 19.9 Å². The Morgan fingerprint density at radius 1 is 1.29 bits per heavy atom. The zero-order chi connectivity index (χ0) is 22.0. The van der Waals surface area contributed by atoms with Crippen LogP contribution in [0.1, 0.15) is 37.1 Å². The smallest absolute Gasteiger partial charge is 0.231 e. The number of carbonyl (C=O) groups excluding carboxylic acids is 1. The van der Waals surface area contributed by atoms with Gasteiger partial charge in [0.1, 0.15) is 24.1 Å². The van der Waals surface area contributed by atoms with Crippen molar-refractivity contribution in [3.8, 4) is 11.3 Å². The number of pyridine rings is 2. The highest BCUT2D eigenvalue weighted by molar-refractivity contribution is 5.94. The lowest BCUT2D eigenvalue weighted by atomic mass is 10.1. The van der Waals surface area contributed by atoms with Gasteiger partial charge < -0.3 is 15.7 Å². The third-order valence-corrected chi connectivity index (χ3v) is 5.16. The molecule has 31 heavy (non-hydrogen) atoms. The van der Waals surface area contributed by atoms with E-state index in [0.717, 1.165) is 11.3 Å². The summed E-state index contributed by atoms with van der Waals surface area (Å²) in [7, 11) is 0. The molecule has 0 saturated heterocycles. The molecule has 0 aromatic carbocycles. The van der Waals surface area contributed by atoms with E-state index in [2.05, 4.69) is 30.6 Å². The topological polar surface area (TPSA) is 113 Å². The average Bonchev–Trinajstić information content (AvgIpc) is 3.52. The van der Waals surface area contributed by atoms with Crippen molar-refractivity contribution >= 4 is 23.2 Å². The fourth-order valence-corrected chi connectivity index (χ4v) is 3.17. The van der Waals surface area contributed by atoms with Crippen LogP contribution in [0.4, 0.5) is 21.7 Å². The molecular weight excluding hydrogens is 399 g/mol. The number of anilines is 3. The highest BCUT2D eigenvalue weighted by Crippen LogP contribution is 2.35. The van der Waals surface area contributed by atoms with Crippen LogP contribution >= 0.6 is 0 Å². The average molecular weight is 422 g/mol. The summed E-state index contributed by atoms with van der Waals surface area (Å²) < 4.78 is 13.1. The summed E-state index contributed by atoms with van der Waals surface area (Å²) >= 11 is 0. The van der Waals surface area contributed by atoms with Crippen LogP contribution in [0.5, 0.6) is 0 Å². The SMILES string of the molecule is CCC(O)c1cc(C)c(Nc2ncccc2-c2cc(NC(=O)C3CC3F)ncn2)cn1. The van der Waals surface area contributed by atoms with E-state index in [1.54, 1.807) is 24.5 Å². The molecule has 0 spiro atoms. The molecule has 0 bridgehead atoms. The van der Waals surface area contributed by atoms with Crippen LogP contribution in [0.2, 0.25) is 0 Å². The summed E-state index contributed by atoms with van der Waals surface area (Å²) in [6, 6.07) is 7.10. The number of aliphatic hydroxyl groups is 1. The number of nitrogens with zero attached hydrogens (tertiary/aromatic N) is 4. The van der Waals surface area contributed by atoms with Crippen molar-refractivity contribution < 1.29 is 14.3 Å². The number of alkyl halides is 1. The van der Waals surface area contributed by atoms with Crippen LogP contribution in [-0.4, -0.2) is 37.1 Å². The fourth-order valence-electron chi connectivity index (χ4n) is 3.17. The van der Waals surface area contributed by atoms with Crippen LogP contribution in [0.3, 0.4) is 0 Å². The van der Waals surface area contributed by atoms with Crippen molar-refractivity contribution in [2.24, 2.45) is 5.92 Å². The summed E-state index contributed by atoms with van der Waals surface area (Å²) in [6.45, 7) is 3.82. The Balaban J connectivity index is 1.58. The van der Waals surface area contributed by atoms with Gasteiger partial charge in [-0.15, -0.1) is 0 Å². The number of carbonyl (C=O) groups is 1. The first-order valence-corrected chi connectivity index (χ1v) is 10.1. The number of hydrogen-bond donors (Lipinski definition) is 3. The molecule has 4 rings (SSSR count). The number of nitrogens with one attached hydrogen (secondary N) is 2. The molecule has 1 fully saturated rings. The van der Waals surface area contributed by atoms with E-state index in [0.29, 0.717) is 35.0 Å². The largest absolute Gasteiger partial charge is 0.387 e. The Morgan fingerprint density at radius 3 is 2.81 bits per heavy atom. The highest BCUT2D eigenvalue weighted by Gasteiger charge is 2.43. The Bertz CT molecular complexity index is 1110. The van der Waals surface area contributed by atoms with Gasteiger partial charge in [0.2, 0.25) is 5.91 Å². The number of rotatable bonds is 7. The molecular formula is C22H23FN6O2. The van der Waals surface area contributed by atoms with Gasteiger partial charge in [-0.05, 0) is 43.5 Å². The molecule has 0 radical (unpaired) electrons. The van der Waals surface area contributed by atoms with Crippen LogP contribution in [-0.2, 0) is 4.79 Å². The summed E-state index contributed by atoms with van der Waals surface area (Å²) in [5.74, 6) is -0.116. The van der Waals surface area contributed by atoms with Gasteiger partial charge in [0.25, 0.3) is 0 Å². The lowest BCUT2D eigenvalue weighted by molar-refractivity contribution is -0.117. The molecule has 1 amide bonds. The molecule has 3 aromatic heterocycles. The molecule has 3 aromatic rings. The lowest BCUT2D eigenvalue weighted by Gasteiger charge is -2.14. The van der Waals surface area contributed by atoms with Crippen molar-refractivity contribution in [2.75, 3.05) is 10.6 Å². The van der Waals surface area contributed by atoms with Crippen molar-refractivity contribution in [2.45, 2.75) is 39.0 Å². The first-order chi connectivity index (χ1) is 15.0. The van der Waals surface area contributed by atoms with Gasteiger partial charge in [-0.1, -0.05) is 6.92 Å². The lowest BCUT2D eigenvalue weighted by Crippen LogP contribution is -2.16. The van der Waals surface area contributed by atoms with E-state index in [1.165, 1.54) is 6.33 Å². The fraction of sp³-hybridized carbons (Fsp3) is 0.318. The second-order valence-electron chi connectivity index (χ2n) is 7.51. The first kappa shape index (κ1) is 20.8. The molecule has 3 atom stereocenters. The maximum atomic E-state index is 13.1. The molecule has 3 unspecified atom stereocenters. The minimum absolute atomic E-state index is 0.252. The van der Waals surface area contributed by atoms with Crippen molar-refractivity contribution in [3.63, 3.8) is 0 Å². The van der Waals surface area contributed by atoms with Gasteiger partial charge in [-0.2, -0.15) is 0 Å². The maximum Gasteiger partial charge on any atom is 0.231 e. The normalized spacial score (nSPS) is 18.3. The number of hydrogen-bond acceptors (Lipinski definition) is 7. The van der Waals surface area contributed by atoms with Gasteiger partial charge in [-0.25, -0.2) is 19.3 Å². The van der Waals surface area contributed by atoms with Crippen LogP contribution in [0, 0.1) is 12.8 Å². The first-order valence-electron chi connectivity index (χ1n) is 10.1. The van der Waals surface area contributed by atoms with Gasteiger partial charge in [-0.3, -0.25) is 9.78 Å². The zero-order valence-corrected chi connectivity index (χ0v) is 17.2. The van der Waals surface area contributed by atoms with Crippen LogP contribution < -0.4 is 10.6 Å². The number of aryl methyl sites for hydroxylation is 1. The van der Waals surface area contributed by atoms with Crippen LogP contribution in [0.15, 0.2) is 43.0 Å². The quantitative estimate of drug-likeness (QED) is 0.532. The van der Waals surface area contributed by atoms with Crippen molar-refractivity contribution in [1.29, 1.82) is 0 Å². The molecule has 1 aliphatic rings. The Hall–Kier alpha value is -3.46. The minimum atomic E-state index is -1.07. The maximum absolute atomic E-state index is 13.1. The Morgan fingerprint density at radius 2 is 2.10 bits per heavy atom.